The molecule has 2 heteroatoms. The molecule has 0 aromatic heterocycles. The predicted molar refractivity (Wildman–Crippen MR) is 75.8 cm³/mol. The fraction of sp³-hybridized carbons (Fsp3) is 0.625. The van der Waals surface area contributed by atoms with Gasteiger partial charge in [-0.25, -0.2) is 0 Å². The van der Waals surface area contributed by atoms with Crippen LogP contribution in [0.3, 0.4) is 0 Å². The lowest BCUT2D eigenvalue weighted by molar-refractivity contribution is 0.140. The first-order valence-corrected chi connectivity index (χ1v) is 7.27. The zero-order chi connectivity index (χ0) is 13.0. The summed E-state index contributed by atoms with van der Waals surface area (Å²) in [5.41, 5.74) is 1.07. The molecule has 100 valence electrons. The zero-order valence-electron chi connectivity index (χ0n) is 11.6. The molecule has 2 unspecified atom stereocenters. The van der Waals surface area contributed by atoms with E-state index in [9.17, 15) is 5.11 Å². The monoisotopic (exact) mass is 247 g/mol. The third-order valence-electron chi connectivity index (χ3n) is 4.28. The number of aromatic hydroxyl groups is 1. The Morgan fingerprint density at radius 3 is 2.78 bits per heavy atom. The van der Waals surface area contributed by atoms with Gasteiger partial charge >= 0.3 is 0 Å². The van der Waals surface area contributed by atoms with Crippen LogP contribution in [-0.2, 0) is 0 Å². The maximum absolute atomic E-state index is 10.0. The summed E-state index contributed by atoms with van der Waals surface area (Å²) in [7, 11) is 0. The van der Waals surface area contributed by atoms with Crippen LogP contribution >= 0.6 is 0 Å². The van der Waals surface area contributed by atoms with Crippen LogP contribution in [0.1, 0.15) is 57.6 Å². The predicted octanol–water partition coefficient (Wildman–Crippen LogP) is 4.11. The van der Waals surface area contributed by atoms with Gasteiger partial charge < -0.3 is 5.11 Å². The molecule has 1 aliphatic heterocycles. The SMILES string of the molecule is CCC1CCCCCN1C(C)c1ccccc1O. The van der Waals surface area contributed by atoms with E-state index in [1.807, 2.05) is 12.1 Å². The van der Waals surface area contributed by atoms with E-state index in [4.69, 9.17) is 0 Å². The molecule has 2 atom stereocenters. The van der Waals surface area contributed by atoms with Crippen LogP contribution in [0.15, 0.2) is 24.3 Å². The van der Waals surface area contributed by atoms with Gasteiger partial charge in [0.1, 0.15) is 5.75 Å². The van der Waals surface area contributed by atoms with Crippen molar-refractivity contribution in [2.45, 2.75) is 58.0 Å². The lowest BCUT2D eigenvalue weighted by Crippen LogP contribution is -2.36. The highest BCUT2D eigenvalue weighted by Crippen LogP contribution is 2.32. The van der Waals surface area contributed by atoms with Crippen molar-refractivity contribution in [2.75, 3.05) is 6.54 Å². The molecule has 2 rings (SSSR count). The number of rotatable bonds is 3. The quantitative estimate of drug-likeness (QED) is 0.869. The number of benzene rings is 1. The summed E-state index contributed by atoms with van der Waals surface area (Å²) in [6, 6.07) is 8.74. The van der Waals surface area contributed by atoms with E-state index in [-0.39, 0.29) is 0 Å². The summed E-state index contributed by atoms with van der Waals surface area (Å²) < 4.78 is 0. The van der Waals surface area contributed by atoms with Crippen LogP contribution in [0.4, 0.5) is 0 Å². The van der Waals surface area contributed by atoms with Crippen molar-refractivity contribution in [1.29, 1.82) is 0 Å². The summed E-state index contributed by atoms with van der Waals surface area (Å²) in [5.74, 6) is 0.434. The number of nitrogens with zero attached hydrogens (tertiary/aromatic N) is 1. The van der Waals surface area contributed by atoms with Gasteiger partial charge in [-0.05, 0) is 38.8 Å². The molecule has 1 saturated heterocycles. The van der Waals surface area contributed by atoms with E-state index in [0.717, 1.165) is 12.1 Å². The second kappa shape index (κ2) is 6.24. The maximum Gasteiger partial charge on any atom is 0.120 e. The molecular weight excluding hydrogens is 222 g/mol. The first kappa shape index (κ1) is 13.4. The number of phenolic OH excluding ortho intramolecular Hbond substituents is 1. The van der Waals surface area contributed by atoms with Crippen molar-refractivity contribution in [1.82, 2.24) is 4.90 Å². The van der Waals surface area contributed by atoms with Crippen LogP contribution in [0.25, 0.3) is 0 Å². The normalized spacial score (nSPS) is 23.6. The Hall–Kier alpha value is -1.02. The molecule has 1 aliphatic rings. The van der Waals surface area contributed by atoms with Crippen LogP contribution < -0.4 is 0 Å². The molecule has 18 heavy (non-hydrogen) atoms. The van der Waals surface area contributed by atoms with Gasteiger partial charge in [-0.3, -0.25) is 4.90 Å². The minimum atomic E-state index is 0.314. The summed E-state index contributed by atoms with van der Waals surface area (Å²) in [5, 5.41) is 10.0. The molecule has 0 bridgehead atoms. The van der Waals surface area contributed by atoms with E-state index in [1.54, 1.807) is 6.07 Å². The summed E-state index contributed by atoms with van der Waals surface area (Å²) >= 11 is 0. The van der Waals surface area contributed by atoms with Gasteiger partial charge in [0.2, 0.25) is 0 Å². The van der Waals surface area contributed by atoms with Crippen LogP contribution in [-0.4, -0.2) is 22.6 Å². The number of para-hydroxylation sites is 1. The van der Waals surface area contributed by atoms with Crippen molar-refractivity contribution in [3.8, 4) is 5.75 Å². The molecule has 0 radical (unpaired) electrons. The Labute approximate surface area is 111 Å². The molecule has 0 amide bonds. The second-order valence-corrected chi connectivity index (χ2v) is 5.38. The maximum atomic E-state index is 10.0. The molecule has 0 saturated carbocycles. The van der Waals surface area contributed by atoms with Gasteiger partial charge in [0.15, 0.2) is 0 Å². The Balaban J connectivity index is 2.20. The third kappa shape index (κ3) is 2.86. The Bertz CT molecular complexity index is 377. The van der Waals surface area contributed by atoms with Crippen LogP contribution in [0, 0.1) is 0 Å². The van der Waals surface area contributed by atoms with E-state index >= 15 is 0 Å². The van der Waals surface area contributed by atoms with Gasteiger partial charge in [-0.2, -0.15) is 0 Å². The molecule has 1 aromatic carbocycles. The van der Waals surface area contributed by atoms with Crippen LogP contribution in [0.5, 0.6) is 5.75 Å². The largest absolute Gasteiger partial charge is 0.508 e. The fourth-order valence-electron chi connectivity index (χ4n) is 3.17. The van der Waals surface area contributed by atoms with Gasteiger partial charge in [-0.15, -0.1) is 0 Å². The highest BCUT2D eigenvalue weighted by atomic mass is 16.3. The summed E-state index contributed by atoms with van der Waals surface area (Å²) in [4.78, 5) is 2.59. The van der Waals surface area contributed by atoms with Crippen molar-refractivity contribution in [3.05, 3.63) is 29.8 Å². The van der Waals surface area contributed by atoms with E-state index in [1.165, 1.54) is 32.1 Å². The van der Waals surface area contributed by atoms with Crippen LogP contribution in [0.2, 0.25) is 0 Å². The zero-order valence-corrected chi connectivity index (χ0v) is 11.6. The third-order valence-corrected chi connectivity index (χ3v) is 4.28. The Kier molecular flexibility index (Phi) is 4.65. The Morgan fingerprint density at radius 1 is 1.28 bits per heavy atom. The number of hydrogen-bond donors (Lipinski definition) is 1. The minimum absolute atomic E-state index is 0.314. The molecular formula is C16H25NO. The van der Waals surface area contributed by atoms with E-state index in [0.29, 0.717) is 17.8 Å². The standard InChI is InChI=1S/C16H25NO/c1-3-14-9-5-4-8-12-17(14)13(2)15-10-6-7-11-16(15)18/h6-7,10-11,13-14,18H,3-5,8-9,12H2,1-2H3. The molecule has 1 N–H and O–H groups in total. The van der Waals surface area contributed by atoms with Gasteiger partial charge in [-0.1, -0.05) is 38.0 Å². The van der Waals surface area contributed by atoms with Gasteiger partial charge in [0.05, 0.1) is 0 Å². The average molecular weight is 247 g/mol. The van der Waals surface area contributed by atoms with E-state index in [2.05, 4.69) is 24.8 Å². The van der Waals surface area contributed by atoms with Gasteiger partial charge in [0, 0.05) is 17.6 Å². The van der Waals surface area contributed by atoms with Crippen molar-refractivity contribution in [2.24, 2.45) is 0 Å². The minimum Gasteiger partial charge on any atom is -0.508 e. The molecule has 0 spiro atoms. The van der Waals surface area contributed by atoms with Crippen molar-refractivity contribution >= 4 is 0 Å². The lowest BCUT2D eigenvalue weighted by atomic mass is 10.0. The first-order valence-electron chi connectivity index (χ1n) is 7.27. The topological polar surface area (TPSA) is 23.5 Å². The summed E-state index contributed by atoms with van der Waals surface area (Å²) in [6.45, 7) is 5.66. The Morgan fingerprint density at radius 2 is 2.06 bits per heavy atom. The second-order valence-electron chi connectivity index (χ2n) is 5.38. The molecule has 0 aliphatic carbocycles. The number of hydrogen-bond acceptors (Lipinski definition) is 2. The van der Waals surface area contributed by atoms with E-state index < -0.39 is 0 Å². The molecule has 2 nitrogen and oxygen atoms in total. The number of likely N-dealkylation sites (tertiary alicyclic amines) is 1. The highest BCUT2D eigenvalue weighted by molar-refractivity contribution is 5.34. The van der Waals surface area contributed by atoms with Crippen molar-refractivity contribution in [3.63, 3.8) is 0 Å². The average Bonchev–Trinajstić information content (AvgIpc) is 2.63. The highest BCUT2D eigenvalue weighted by Gasteiger charge is 2.25. The summed E-state index contributed by atoms with van der Waals surface area (Å²) in [6.07, 6.45) is 6.49. The first-order chi connectivity index (χ1) is 8.74. The lowest BCUT2D eigenvalue weighted by Gasteiger charge is -2.35. The molecule has 1 heterocycles. The molecule has 1 fully saturated rings. The van der Waals surface area contributed by atoms with Crippen molar-refractivity contribution < 1.29 is 5.11 Å². The fourth-order valence-corrected chi connectivity index (χ4v) is 3.17. The smallest absolute Gasteiger partial charge is 0.120 e. The number of phenols is 1. The molecule has 1 aromatic rings. The van der Waals surface area contributed by atoms with Gasteiger partial charge in [0.25, 0.3) is 0 Å².